The molecule has 9 rings (SSSR count). The average Bonchev–Trinajstić information content (AvgIpc) is 3.74. The van der Waals surface area contributed by atoms with Gasteiger partial charge in [0, 0.05) is 32.7 Å². The Morgan fingerprint density at radius 1 is 0.383 bits per heavy atom. The Bertz CT molecular complexity index is 3310. The molecule has 0 atom stereocenters. The van der Waals surface area contributed by atoms with E-state index in [2.05, 4.69) is 6.07 Å². The van der Waals surface area contributed by atoms with Crippen LogP contribution in [0.3, 0.4) is 0 Å². The molecule has 0 radical (unpaired) electrons. The minimum absolute atomic E-state index is 0.0676. The minimum atomic E-state index is -4.89. The van der Waals surface area contributed by atoms with Gasteiger partial charge in [0.25, 0.3) is 0 Å². The van der Waals surface area contributed by atoms with Crippen LogP contribution in [0.4, 0.5) is 39.5 Å². The first-order valence-electron chi connectivity index (χ1n) is 18.1. The Balaban J connectivity index is 1.42. The predicted molar refractivity (Wildman–Crippen MR) is 210 cm³/mol. The number of para-hydroxylation sites is 2. The lowest BCUT2D eigenvalue weighted by Crippen LogP contribution is -2.08. The van der Waals surface area contributed by atoms with Gasteiger partial charge < -0.3 is 9.13 Å². The molecule has 0 saturated heterocycles. The molecule has 0 N–H and O–H groups in total. The molecule has 0 aliphatic heterocycles. The summed E-state index contributed by atoms with van der Waals surface area (Å²) in [6.07, 6.45) is -14.2. The predicted octanol–water partition coefficient (Wildman–Crippen LogP) is 14.0. The fourth-order valence-corrected chi connectivity index (χ4v) is 8.05. The first-order chi connectivity index (χ1) is 28.6. The van der Waals surface area contributed by atoms with Crippen molar-refractivity contribution in [2.75, 3.05) is 0 Å². The Labute approximate surface area is 333 Å². The summed E-state index contributed by atoms with van der Waals surface area (Å²) >= 11 is 0. The summed E-state index contributed by atoms with van der Waals surface area (Å²) in [5.74, 6) is 0. The highest BCUT2D eigenvalue weighted by Gasteiger charge is 2.35. The van der Waals surface area contributed by atoms with Crippen LogP contribution in [-0.4, -0.2) is 9.13 Å². The maximum Gasteiger partial charge on any atom is 0.417 e. The van der Waals surface area contributed by atoms with Gasteiger partial charge in [-0.05, 0) is 96.1 Å². The van der Waals surface area contributed by atoms with Crippen LogP contribution in [0.5, 0.6) is 0 Å². The number of aromatic nitrogens is 2. The molecule has 2 heterocycles. The highest BCUT2D eigenvalue weighted by atomic mass is 19.4. The van der Waals surface area contributed by atoms with Gasteiger partial charge >= 0.3 is 18.5 Å². The lowest BCUT2D eigenvalue weighted by Gasteiger charge is -2.21. The van der Waals surface area contributed by atoms with E-state index in [1.165, 1.54) is 48.5 Å². The van der Waals surface area contributed by atoms with Gasteiger partial charge in [-0.15, -0.1) is 0 Å². The summed E-state index contributed by atoms with van der Waals surface area (Å²) in [5.41, 5.74) is -0.286. The SMILES string of the molecule is N#Cc1ccc(-c2cc(-c3ccc(C#N)cc3C(F)(F)F)ccc2-n2c3ccccc3c3cc(C(F)(F)F)ccc32)c(-n2c3ccccc3c3cc(C(F)(F)F)ccc32)c1. The first kappa shape index (κ1) is 38.0. The Kier molecular flexibility index (Phi) is 8.58. The number of nitriles is 2. The van der Waals surface area contributed by atoms with Crippen molar-refractivity contribution < 1.29 is 39.5 Å². The maximum absolute atomic E-state index is 14.7. The number of hydrogen-bond donors (Lipinski definition) is 0. The van der Waals surface area contributed by atoms with E-state index in [0.717, 1.165) is 30.3 Å². The second kappa shape index (κ2) is 13.5. The summed E-state index contributed by atoms with van der Waals surface area (Å²) in [6.45, 7) is 0. The lowest BCUT2D eigenvalue weighted by molar-refractivity contribution is -0.138. The first-order valence-corrected chi connectivity index (χ1v) is 18.1. The van der Waals surface area contributed by atoms with Crippen molar-refractivity contribution in [3.63, 3.8) is 0 Å². The molecule has 7 aromatic carbocycles. The molecule has 13 heteroatoms. The largest absolute Gasteiger partial charge is 0.417 e. The molecule has 0 aliphatic rings. The van der Waals surface area contributed by atoms with E-state index < -0.39 is 35.2 Å². The van der Waals surface area contributed by atoms with E-state index >= 15 is 0 Å². The number of hydrogen-bond acceptors (Lipinski definition) is 2. The van der Waals surface area contributed by atoms with E-state index in [1.807, 2.05) is 0 Å². The van der Waals surface area contributed by atoms with E-state index in [9.17, 15) is 50.0 Å². The van der Waals surface area contributed by atoms with E-state index in [4.69, 9.17) is 0 Å². The molecule has 0 aliphatic carbocycles. The molecule has 0 amide bonds. The lowest BCUT2D eigenvalue weighted by atomic mass is 9.92. The number of rotatable bonds is 4. The summed E-state index contributed by atoms with van der Waals surface area (Å²) in [6, 6.07) is 36.2. The third kappa shape index (κ3) is 6.18. The zero-order valence-corrected chi connectivity index (χ0v) is 30.5. The van der Waals surface area contributed by atoms with Crippen LogP contribution in [-0.2, 0) is 18.5 Å². The summed E-state index contributed by atoms with van der Waals surface area (Å²) in [5, 5.41) is 21.0. The van der Waals surface area contributed by atoms with Crippen LogP contribution in [0.2, 0.25) is 0 Å². The molecule has 0 spiro atoms. The fourth-order valence-electron chi connectivity index (χ4n) is 8.05. The van der Waals surface area contributed by atoms with E-state index in [0.29, 0.717) is 44.1 Å². The molecule has 4 nitrogen and oxygen atoms in total. The van der Waals surface area contributed by atoms with Gasteiger partial charge in [-0.3, -0.25) is 0 Å². The molecule has 0 unspecified atom stereocenters. The van der Waals surface area contributed by atoms with Gasteiger partial charge in [-0.25, -0.2) is 0 Å². The zero-order valence-electron chi connectivity index (χ0n) is 30.5. The standard InChI is InChI=1S/C47H23F9N4/c48-45(49,50)29-12-17-42-36(22-29)32-5-1-3-7-39(32)59(42)41-16-11-28(31-14-9-26(24-57)19-38(31)47(54,55)56)21-35(41)34-15-10-27(25-58)20-44(34)60-40-8-4-2-6-33(40)37-23-30(46(51,52)53)13-18-43(37)60/h1-23H. The third-order valence-corrected chi connectivity index (χ3v) is 10.7. The number of fused-ring (bicyclic) bond motifs is 6. The average molecular weight is 815 g/mol. The smallest absolute Gasteiger partial charge is 0.309 e. The van der Waals surface area contributed by atoms with Gasteiger partial charge in [0.15, 0.2) is 0 Å². The highest BCUT2D eigenvalue weighted by molar-refractivity contribution is 6.12. The van der Waals surface area contributed by atoms with Crippen molar-refractivity contribution in [2.24, 2.45) is 0 Å². The van der Waals surface area contributed by atoms with Crippen molar-refractivity contribution in [1.82, 2.24) is 9.13 Å². The van der Waals surface area contributed by atoms with Crippen molar-refractivity contribution >= 4 is 43.6 Å². The van der Waals surface area contributed by atoms with Crippen LogP contribution in [0.1, 0.15) is 27.8 Å². The van der Waals surface area contributed by atoms with Crippen LogP contribution in [0.15, 0.2) is 140 Å². The van der Waals surface area contributed by atoms with Crippen molar-refractivity contribution in [3.8, 4) is 45.8 Å². The summed E-state index contributed by atoms with van der Waals surface area (Å²) < 4.78 is 132. The second-order valence-corrected chi connectivity index (χ2v) is 14.1. The second-order valence-electron chi connectivity index (χ2n) is 14.1. The molecule has 2 aromatic heterocycles. The van der Waals surface area contributed by atoms with Crippen LogP contribution < -0.4 is 0 Å². The molecule has 9 aromatic rings. The van der Waals surface area contributed by atoms with Gasteiger partial charge in [0.1, 0.15) is 0 Å². The van der Waals surface area contributed by atoms with Gasteiger partial charge in [-0.2, -0.15) is 50.0 Å². The topological polar surface area (TPSA) is 57.4 Å². The highest BCUT2D eigenvalue weighted by Crippen LogP contribution is 2.46. The van der Waals surface area contributed by atoms with Crippen LogP contribution in [0, 0.1) is 22.7 Å². The summed E-state index contributed by atoms with van der Waals surface area (Å²) in [7, 11) is 0. The molecule has 60 heavy (non-hydrogen) atoms. The Morgan fingerprint density at radius 3 is 1.38 bits per heavy atom. The van der Waals surface area contributed by atoms with Gasteiger partial charge in [0.05, 0.1) is 73.4 Å². The van der Waals surface area contributed by atoms with Crippen molar-refractivity contribution in [1.29, 1.82) is 10.5 Å². The molecular formula is C47H23F9N4. The summed E-state index contributed by atoms with van der Waals surface area (Å²) in [4.78, 5) is 0. The number of benzene rings is 7. The van der Waals surface area contributed by atoms with Crippen LogP contribution in [0.25, 0.3) is 77.2 Å². The normalized spacial score (nSPS) is 12.4. The molecular weight excluding hydrogens is 792 g/mol. The third-order valence-electron chi connectivity index (χ3n) is 10.7. The monoisotopic (exact) mass is 814 g/mol. The minimum Gasteiger partial charge on any atom is -0.309 e. The maximum atomic E-state index is 14.7. The number of halogens is 9. The molecule has 0 bridgehead atoms. The molecule has 0 saturated carbocycles. The fraction of sp³-hybridized carbons (Fsp3) is 0.0638. The van der Waals surface area contributed by atoms with E-state index in [-0.39, 0.29) is 44.3 Å². The quantitative estimate of drug-likeness (QED) is 0.166. The van der Waals surface area contributed by atoms with Crippen molar-refractivity contribution in [3.05, 3.63) is 167 Å². The van der Waals surface area contributed by atoms with Gasteiger partial charge in [-0.1, -0.05) is 54.6 Å². The van der Waals surface area contributed by atoms with E-state index in [1.54, 1.807) is 75.9 Å². The molecule has 294 valence electrons. The van der Waals surface area contributed by atoms with Crippen molar-refractivity contribution in [2.45, 2.75) is 18.5 Å². The number of alkyl halides is 9. The zero-order chi connectivity index (χ0) is 42.3. The Morgan fingerprint density at radius 2 is 0.867 bits per heavy atom. The Hall–Kier alpha value is -7.51. The molecule has 0 fully saturated rings. The number of nitrogens with zero attached hydrogens (tertiary/aromatic N) is 4. The van der Waals surface area contributed by atoms with Crippen LogP contribution >= 0.6 is 0 Å². The van der Waals surface area contributed by atoms with Gasteiger partial charge in [0.2, 0.25) is 0 Å².